The van der Waals surface area contributed by atoms with Gasteiger partial charge >= 0.3 is 0 Å². The van der Waals surface area contributed by atoms with E-state index >= 15 is 0 Å². The van der Waals surface area contributed by atoms with Crippen molar-refractivity contribution in [1.82, 2.24) is 4.90 Å². The molecule has 9 nitrogen and oxygen atoms in total. The number of phenolic OH excluding ortho intramolecular Hbond substituents is 1. The number of carbonyl (C=O) groups is 3. The number of carbonyl (C=O) groups excluding carboxylic acids is 3. The molecule has 3 aliphatic rings. The van der Waals surface area contributed by atoms with E-state index in [-0.39, 0.29) is 29.7 Å². The highest BCUT2D eigenvalue weighted by molar-refractivity contribution is 6.24. The Kier molecular flexibility index (Phi) is 6.13. The summed E-state index contributed by atoms with van der Waals surface area (Å²) in [6, 6.07) is 9.50. The fourth-order valence-electron chi connectivity index (χ4n) is 6.14. The van der Waals surface area contributed by atoms with Gasteiger partial charge in [0.1, 0.15) is 22.8 Å². The molecule has 6 N–H and O–H groups in total. The maximum atomic E-state index is 13.9. The molecule has 0 aromatic heterocycles. The Morgan fingerprint density at radius 1 is 1.05 bits per heavy atom. The molecular weight excluding hydrogens is 500 g/mol. The highest BCUT2D eigenvalue weighted by Gasteiger charge is 2.64. The first-order chi connectivity index (χ1) is 18.4. The normalized spacial score (nSPS) is 26.0. The van der Waals surface area contributed by atoms with Crippen LogP contribution in [0.3, 0.4) is 0 Å². The summed E-state index contributed by atoms with van der Waals surface area (Å²) in [5.41, 5.74) is 4.61. The number of rotatable bonds is 2. The molecule has 0 heterocycles. The average molecular weight is 529 g/mol. The van der Waals surface area contributed by atoms with Crippen LogP contribution in [0.1, 0.15) is 34.2 Å². The van der Waals surface area contributed by atoms with Gasteiger partial charge < -0.3 is 26.2 Å². The molecule has 0 saturated heterocycles. The maximum absolute atomic E-state index is 13.9. The molecule has 0 spiro atoms. The third-order valence-corrected chi connectivity index (χ3v) is 8.00. The highest BCUT2D eigenvalue weighted by atomic mass is 16.3. The average Bonchev–Trinajstić information content (AvgIpc) is 2.86. The number of ketones is 2. The number of likely N-dealkylation sites (N-methyl/N-ethyl adjacent to an activating group) is 1. The zero-order valence-electron chi connectivity index (χ0n) is 21.6. The summed E-state index contributed by atoms with van der Waals surface area (Å²) < 4.78 is 0. The summed E-state index contributed by atoms with van der Waals surface area (Å²) in [5, 5.41) is 44.5. The van der Waals surface area contributed by atoms with Crippen LogP contribution < -0.4 is 5.73 Å². The third-order valence-electron chi connectivity index (χ3n) is 8.00. The second-order valence-corrected chi connectivity index (χ2v) is 10.6. The number of aliphatic hydroxyl groups is 3. The fraction of sp³-hybridized carbons (Fsp3) is 0.300. The number of phenols is 1. The number of fused-ring (bicyclic) bond motifs is 3. The van der Waals surface area contributed by atoms with Gasteiger partial charge in [0.15, 0.2) is 11.4 Å². The molecule has 200 valence electrons. The Hall–Kier alpha value is -4.39. The van der Waals surface area contributed by atoms with Gasteiger partial charge in [-0.25, -0.2) is 0 Å². The monoisotopic (exact) mass is 528 g/mol. The minimum Gasteiger partial charge on any atom is -0.508 e. The molecular formula is C30H28N2O7. The second kappa shape index (κ2) is 9.12. The Morgan fingerprint density at radius 3 is 2.33 bits per heavy atom. The van der Waals surface area contributed by atoms with Crippen molar-refractivity contribution >= 4 is 23.2 Å². The van der Waals surface area contributed by atoms with Crippen molar-refractivity contribution in [2.45, 2.75) is 31.4 Å². The van der Waals surface area contributed by atoms with Crippen LogP contribution in [0.15, 0.2) is 53.3 Å². The van der Waals surface area contributed by atoms with Gasteiger partial charge in [0, 0.05) is 22.6 Å². The standard InChI is InChI=1S/C30H28N2O7/c1-14-4-6-15(7-5-14)8-9-16-10-11-20(33)22-18(16)12-17-13-19-24(32(2)3)26(35)23(29(31)38)28(37)30(19,39)27(36)21(17)25(22)34/h4-7,10-11,17,19,24,33-34,37,39H,12-13H2,1-3H3,(H2,31,38)/t17-,19-,24-,30-/m0/s1. The first-order valence-corrected chi connectivity index (χ1v) is 12.5. The van der Waals surface area contributed by atoms with Crippen LogP contribution in [-0.4, -0.2) is 68.5 Å². The van der Waals surface area contributed by atoms with Crippen molar-refractivity contribution in [3.63, 3.8) is 0 Å². The van der Waals surface area contributed by atoms with E-state index in [0.29, 0.717) is 11.1 Å². The predicted molar refractivity (Wildman–Crippen MR) is 141 cm³/mol. The SMILES string of the molecule is Cc1ccc(C#Cc2ccc(O)c3c2C[C@H]2C[C@H]4[C@H](N(C)C)C(=O)C(C(N)=O)=C(O)[C@@]4(O)C(=O)C2=C3O)cc1. The molecule has 1 amide bonds. The lowest BCUT2D eigenvalue weighted by molar-refractivity contribution is -0.153. The molecule has 2 aromatic carbocycles. The molecule has 0 aliphatic heterocycles. The Labute approximate surface area is 224 Å². The minimum absolute atomic E-state index is 0.0157. The lowest BCUT2D eigenvalue weighted by Crippen LogP contribution is -2.65. The number of hydrogen-bond donors (Lipinski definition) is 5. The van der Waals surface area contributed by atoms with Gasteiger partial charge in [0.2, 0.25) is 5.78 Å². The third kappa shape index (κ3) is 3.83. The van der Waals surface area contributed by atoms with Crippen molar-refractivity contribution in [2.75, 3.05) is 14.1 Å². The van der Waals surface area contributed by atoms with E-state index < -0.39 is 58.0 Å². The zero-order valence-corrected chi connectivity index (χ0v) is 21.6. The van der Waals surface area contributed by atoms with Crippen molar-refractivity contribution in [3.05, 3.63) is 81.1 Å². The summed E-state index contributed by atoms with van der Waals surface area (Å²) >= 11 is 0. The summed E-state index contributed by atoms with van der Waals surface area (Å²) in [6.45, 7) is 1.97. The number of nitrogens with two attached hydrogens (primary N) is 1. The molecule has 5 rings (SSSR count). The van der Waals surface area contributed by atoms with E-state index in [1.54, 1.807) is 20.2 Å². The van der Waals surface area contributed by atoms with E-state index in [1.165, 1.54) is 11.0 Å². The van der Waals surface area contributed by atoms with Crippen LogP contribution in [0.2, 0.25) is 0 Å². The molecule has 0 unspecified atom stereocenters. The lowest BCUT2D eigenvalue weighted by Gasteiger charge is -2.50. The lowest BCUT2D eigenvalue weighted by atomic mass is 9.57. The van der Waals surface area contributed by atoms with Gasteiger partial charge in [-0.3, -0.25) is 19.3 Å². The number of aliphatic hydroxyl groups excluding tert-OH is 2. The van der Waals surface area contributed by atoms with Crippen molar-refractivity contribution in [3.8, 4) is 17.6 Å². The zero-order chi connectivity index (χ0) is 28.4. The molecule has 1 saturated carbocycles. The largest absolute Gasteiger partial charge is 0.508 e. The number of benzene rings is 2. The van der Waals surface area contributed by atoms with E-state index in [9.17, 15) is 34.8 Å². The maximum Gasteiger partial charge on any atom is 0.255 e. The van der Waals surface area contributed by atoms with E-state index in [2.05, 4.69) is 11.8 Å². The van der Waals surface area contributed by atoms with Gasteiger partial charge in [0.05, 0.1) is 11.6 Å². The molecule has 39 heavy (non-hydrogen) atoms. The van der Waals surface area contributed by atoms with Gasteiger partial charge in [-0.05, 0) is 69.6 Å². The van der Waals surface area contributed by atoms with Gasteiger partial charge in [0.25, 0.3) is 5.91 Å². The number of Topliss-reactive ketones (excluding diaryl/α,β-unsaturated/α-hetero) is 2. The second-order valence-electron chi connectivity index (χ2n) is 10.6. The van der Waals surface area contributed by atoms with Crippen LogP contribution in [-0.2, 0) is 20.8 Å². The Balaban J connectivity index is 1.68. The van der Waals surface area contributed by atoms with Crippen LogP contribution in [0.25, 0.3) is 5.76 Å². The first kappa shape index (κ1) is 26.2. The quantitative estimate of drug-likeness (QED) is 0.291. The van der Waals surface area contributed by atoms with E-state index in [0.717, 1.165) is 11.1 Å². The number of nitrogens with zero attached hydrogens (tertiary/aromatic N) is 1. The number of primary amides is 1. The van der Waals surface area contributed by atoms with Crippen molar-refractivity contribution in [1.29, 1.82) is 0 Å². The number of aromatic hydroxyl groups is 1. The Bertz CT molecular complexity index is 1570. The highest BCUT2D eigenvalue weighted by Crippen LogP contribution is 2.52. The number of hydrogen-bond acceptors (Lipinski definition) is 8. The van der Waals surface area contributed by atoms with Crippen LogP contribution >= 0.6 is 0 Å². The number of aryl methyl sites for hydroxylation is 1. The van der Waals surface area contributed by atoms with E-state index in [4.69, 9.17) is 5.73 Å². The van der Waals surface area contributed by atoms with Gasteiger partial charge in [-0.15, -0.1) is 0 Å². The molecule has 0 radical (unpaired) electrons. The molecule has 4 atom stereocenters. The van der Waals surface area contributed by atoms with Crippen molar-refractivity contribution in [2.24, 2.45) is 17.6 Å². The smallest absolute Gasteiger partial charge is 0.255 e. The molecule has 1 fully saturated rings. The molecule has 3 aliphatic carbocycles. The predicted octanol–water partition coefficient (Wildman–Crippen LogP) is 1.67. The van der Waals surface area contributed by atoms with Crippen LogP contribution in [0.4, 0.5) is 0 Å². The van der Waals surface area contributed by atoms with Gasteiger partial charge in [-0.2, -0.15) is 0 Å². The summed E-state index contributed by atoms with van der Waals surface area (Å²) in [4.78, 5) is 40.6. The molecule has 9 heteroatoms. The molecule has 0 bridgehead atoms. The van der Waals surface area contributed by atoms with Crippen LogP contribution in [0.5, 0.6) is 5.75 Å². The van der Waals surface area contributed by atoms with Gasteiger partial charge in [-0.1, -0.05) is 29.5 Å². The fourth-order valence-corrected chi connectivity index (χ4v) is 6.14. The first-order valence-electron chi connectivity index (χ1n) is 12.5. The Morgan fingerprint density at radius 2 is 1.72 bits per heavy atom. The summed E-state index contributed by atoms with van der Waals surface area (Å²) in [5.74, 6) is -0.639. The van der Waals surface area contributed by atoms with E-state index in [1.807, 2.05) is 31.2 Å². The van der Waals surface area contributed by atoms with Crippen molar-refractivity contribution < 1.29 is 34.8 Å². The summed E-state index contributed by atoms with van der Waals surface area (Å²) in [6.07, 6.45) is 0.201. The topological polar surface area (TPSA) is 161 Å². The number of amides is 1. The minimum atomic E-state index is -2.66. The van der Waals surface area contributed by atoms with Crippen LogP contribution in [0, 0.1) is 30.6 Å². The summed E-state index contributed by atoms with van der Waals surface area (Å²) in [7, 11) is 3.12. The molecule has 2 aromatic rings.